The Morgan fingerprint density at radius 1 is 1.36 bits per heavy atom. The van der Waals surface area contributed by atoms with Crippen LogP contribution in [0.5, 0.6) is 0 Å². The third-order valence-corrected chi connectivity index (χ3v) is 3.65. The maximum absolute atomic E-state index is 11.1. The lowest BCUT2D eigenvalue weighted by Gasteiger charge is -2.00. The molecule has 0 heterocycles. The van der Waals surface area contributed by atoms with Crippen molar-refractivity contribution >= 4 is 49.6 Å². The quantitative estimate of drug-likeness (QED) is 0.713. The molecule has 0 fully saturated rings. The molecule has 60 valence electrons. The molecule has 1 aromatic rings. The lowest BCUT2D eigenvalue weighted by molar-refractivity contribution is 0.597. The summed E-state index contributed by atoms with van der Waals surface area (Å²) >= 11 is 14.1. The number of rotatable bonds is 1. The molecule has 0 aromatic heterocycles. The van der Waals surface area contributed by atoms with E-state index in [-0.39, 0.29) is 0 Å². The third-order valence-electron chi connectivity index (χ3n) is 1.11. The van der Waals surface area contributed by atoms with Crippen LogP contribution in [-0.4, -0.2) is 0 Å². The topological polar surface area (TPSA) is 17.1 Å². The van der Waals surface area contributed by atoms with Crippen LogP contribution in [0.3, 0.4) is 0 Å². The fourth-order valence-corrected chi connectivity index (χ4v) is 2.39. The molecule has 5 heteroatoms. The van der Waals surface area contributed by atoms with Gasteiger partial charge in [-0.15, -0.1) is 0 Å². The molecule has 0 N–H and O–H groups in total. The van der Waals surface area contributed by atoms with Crippen LogP contribution in [0.1, 0.15) is 0 Å². The first-order valence-electron chi connectivity index (χ1n) is 2.75. The Bertz CT molecular complexity index is 309. The Morgan fingerprint density at radius 3 is 2.36 bits per heavy atom. The molecule has 1 nitrogen and oxygen atoms in total. The highest BCUT2D eigenvalue weighted by Crippen LogP contribution is 2.55. The van der Waals surface area contributed by atoms with E-state index in [1.54, 1.807) is 18.2 Å². The van der Waals surface area contributed by atoms with Gasteiger partial charge < -0.3 is 0 Å². The van der Waals surface area contributed by atoms with Gasteiger partial charge in [-0.1, -0.05) is 22.0 Å². The zero-order valence-corrected chi connectivity index (χ0v) is 9.29. The molecule has 0 bridgehead atoms. The molecule has 0 aliphatic carbocycles. The molecule has 0 saturated carbocycles. The van der Waals surface area contributed by atoms with Crippen molar-refractivity contribution in [3.05, 3.63) is 28.7 Å². The van der Waals surface area contributed by atoms with Gasteiger partial charge in [0.15, 0.2) is 0 Å². The summed E-state index contributed by atoms with van der Waals surface area (Å²) in [6.45, 7) is 0. The third kappa shape index (κ3) is 2.79. The predicted molar refractivity (Wildman–Crippen MR) is 53.1 cm³/mol. The molecule has 0 saturated heterocycles. The first kappa shape index (κ1) is 9.60. The smallest absolute Gasteiger partial charge is 0.281 e. The van der Waals surface area contributed by atoms with Gasteiger partial charge in [0.2, 0.25) is 0 Å². The maximum Gasteiger partial charge on any atom is 0.281 e. The van der Waals surface area contributed by atoms with Gasteiger partial charge in [0.1, 0.15) is 0 Å². The molecule has 0 amide bonds. The zero-order valence-electron chi connectivity index (χ0n) is 5.30. The molecule has 1 rings (SSSR count). The van der Waals surface area contributed by atoms with E-state index in [4.69, 9.17) is 22.5 Å². The van der Waals surface area contributed by atoms with Crippen molar-refractivity contribution in [2.24, 2.45) is 0 Å². The van der Waals surface area contributed by atoms with E-state index in [0.29, 0.717) is 5.30 Å². The fraction of sp³-hybridized carbons (Fsp3) is 0. The van der Waals surface area contributed by atoms with Crippen LogP contribution in [0, 0.1) is 0 Å². The van der Waals surface area contributed by atoms with Crippen molar-refractivity contribution < 1.29 is 4.57 Å². The largest absolute Gasteiger partial charge is 0.284 e. The second-order valence-corrected chi connectivity index (χ2v) is 7.67. The van der Waals surface area contributed by atoms with Crippen LogP contribution in [0.4, 0.5) is 0 Å². The summed E-state index contributed by atoms with van der Waals surface area (Å²) in [6, 6.07) is 6.82. The van der Waals surface area contributed by atoms with Crippen molar-refractivity contribution in [1.82, 2.24) is 0 Å². The Labute approximate surface area is 82.8 Å². The minimum atomic E-state index is -3.13. The fourth-order valence-electron chi connectivity index (χ4n) is 0.638. The monoisotopic (exact) mass is 272 g/mol. The predicted octanol–water partition coefficient (Wildman–Crippen LogP) is 3.75. The minimum Gasteiger partial charge on any atom is -0.284 e. The molecular weight excluding hydrogens is 270 g/mol. The van der Waals surface area contributed by atoms with Crippen LogP contribution in [0.2, 0.25) is 0 Å². The van der Waals surface area contributed by atoms with Crippen LogP contribution in [-0.2, 0) is 4.57 Å². The number of hydrogen-bond donors (Lipinski definition) is 0. The van der Waals surface area contributed by atoms with Crippen LogP contribution >= 0.6 is 44.3 Å². The van der Waals surface area contributed by atoms with E-state index in [1.807, 2.05) is 6.07 Å². The molecular formula is C6H4BrCl2OP. The Kier molecular flexibility index (Phi) is 3.04. The van der Waals surface area contributed by atoms with Crippen LogP contribution in [0.25, 0.3) is 0 Å². The van der Waals surface area contributed by atoms with Crippen molar-refractivity contribution in [1.29, 1.82) is 0 Å². The second-order valence-electron chi connectivity index (χ2n) is 1.94. The van der Waals surface area contributed by atoms with Gasteiger partial charge in [-0.05, 0) is 40.7 Å². The zero-order chi connectivity index (χ0) is 8.48. The normalized spacial score (nSPS) is 11.5. The molecule has 0 spiro atoms. The van der Waals surface area contributed by atoms with Crippen LogP contribution < -0.4 is 5.30 Å². The van der Waals surface area contributed by atoms with E-state index < -0.39 is 5.85 Å². The molecule has 0 radical (unpaired) electrons. The first-order chi connectivity index (χ1) is 5.00. The first-order valence-corrected chi connectivity index (χ1v) is 7.06. The average molecular weight is 274 g/mol. The highest BCUT2D eigenvalue weighted by atomic mass is 79.9. The molecule has 0 unspecified atom stereocenters. The van der Waals surface area contributed by atoms with Gasteiger partial charge in [0.05, 0.1) is 0 Å². The minimum absolute atomic E-state index is 0.454. The summed E-state index contributed by atoms with van der Waals surface area (Å²) in [6.07, 6.45) is 0. The molecule has 1 aromatic carbocycles. The highest BCUT2D eigenvalue weighted by molar-refractivity contribution is 9.10. The Morgan fingerprint density at radius 2 is 2.00 bits per heavy atom. The van der Waals surface area contributed by atoms with Gasteiger partial charge in [0.25, 0.3) is 5.85 Å². The van der Waals surface area contributed by atoms with Crippen molar-refractivity contribution in [2.75, 3.05) is 0 Å². The molecule has 0 aliphatic rings. The summed E-state index contributed by atoms with van der Waals surface area (Å²) in [5.41, 5.74) is 0. The Balaban J connectivity index is 3.17. The van der Waals surface area contributed by atoms with E-state index in [1.165, 1.54) is 0 Å². The van der Waals surface area contributed by atoms with Gasteiger partial charge in [-0.3, -0.25) is 4.57 Å². The van der Waals surface area contributed by atoms with Crippen molar-refractivity contribution in [2.45, 2.75) is 0 Å². The second kappa shape index (κ2) is 3.49. The van der Waals surface area contributed by atoms with E-state index in [9.17, 15) is 4.57 Å². The van der Waals surface area contributed by atoms with Crippen molar-refractivity contribution in [3.8, 4) is 0 Å². The maximum atomic E-state index is 11.1. The van der Waals surface area contributed by atoms with Gasteiger partial charge in [-0.2, -0.15) is 0 Å². The highest BCUT2D eigenvalue weighted by Gasteiger charge is 2.16. The Hall–Kier alpha value is 0.510. The summed E-state index contributed by atoms with van der Waals surface area (Å²) in [4.78, 5) is 0. The van der Waals surface area contributed by atoms with Crippen LogP contribution in [0.15, 0.2) is 28.7 Å². The number of benzene rings is 1. The van der Waals surface area contributed by atoms with Crippen molar-refractivity contribution in [3.63, 3.8) is 0 Å². The van der Waals surface area contributed by atoms with Gasteiger partial charge in [0, 0.05) is 9.78 Å². The SMILES string of the molecule is O=P(Cl)(Cl)c1cccc(Br)c1. The number of halogens is 3. The standard InChI is InChI=1S/C6H4BrCl2OP/c7-5-2-1-3-6(4-5)11(8,9)10/h1-4H. The summed E-state index contributed by atoms with van der Waals surface area (Å²) < 4.78 is 11.9. The van der Waals surface area contributed by atoms with E-state index in [2.05, 4.69) is 15.9 Å². The lowest BCUT2D eigenvalue weighted by atomic mass is 10.4. The summed E-state index contributed by atoms with van der Waals surface area (Å²) in [7, 11) is 0. The van der Waals surface area contributed by atoms with Gasteiger partial charge >= 0.3 is 0 Å². The van der Waals surface area contributed by atoms with E-state index >= 15 is 0 Å². The summed E-state index contributed by atoms with van der Waals surface area (Å²) in [5.74, 6) is -3.13. The molecule has 11 heavy (non-hydrogen) atoms. The van der Waals surface area contributed by atoms with Gasteiger partial charge in [-0.25, -0.2) is 0 Å². The summed E-state index contributed by atoms with van der Waals surface area (Å²) in [5, 5.41) is 0.454. The molecule has 0 atom stereocenters. The number of hydrogen-bond acceptors (Lipinski definition) is 1. The average Bonchev–Trinajstić information content (AvgIpc) is 1.86. The molecule has 0 aliphatic heterocycles. The van der Waals surface area contributed by atoms with E-state index in [0.717, 1.165) is 4.47 Å². The lowest BCUT2D eigenvalue weighted by Crippen LogP contribution is -1.95.